The standard InChI is InChI=1S/C10H9ClFN3S/c11-7-3-9-10(4-8(7)12)15(14-13-9)6-1-2-16-5-6/h3-4,6H,1-2,5H2. The molecule has 1 unspecified atom stereocenters. The molecule has 0 aliphatic carbocycles. The normalized spacial score (nSPS) is 20.8. The third-order valence-corrected chi connectivity index (χ3v) is 4.20. The van der Waals surface area contributed by atoms with Crippen molar-refractivity contribution < 1.29 is 4.39 Å². The van der Waals surface area contributed by atoms with E-state index in [-0.39, 0.29) is 5.02 Å². The highest BCUT2D eigenvalue weighted by Gasteiger charge is 2.21. The van der Waals surface area contributed by atoms with Crippen LogP contribution in [0.3, 0.4) is 0 Å². The van der Waals surface area contributed by atoms with E-state index in [4.69, 9.17) is 11.6 Å². The molecule has 1 aromatic heterocycles. The molecule has 0 bridgehead atoms. The van der Waals surface area contributed by atoms with Crippen LogP contribution in [0.4, 0.5) is 4.39 Å². The highest BCUT2D eigenvalue weighted by atomic mass is 35.5. The van der Waals surface area contributed by atoms with Gasteiger partial charge >= 0.3 is 0 Å². The van der Waals surface area contributed by atoms with Crippen LogP contribution in [0.15, 0.2) is 12.1 Å². The smallest absolute Gasteiger partial charge is 0.144 e. The quantitative estimate of drug-likeness (QED) is 0.787. The van der Waals surface area contributed by atoms with Gasteiger partial charge in [-0.2, -0.15) is 11.8 Å². The first-order chi connectivity index (χ1) is 7.75. The van der Waals surface area contributed by atoms with E-state index >= 15 is 0 Å². The van der Waals surface area contributed by atoms with Gasteiger partial charge in [-0.15, -0.1) is 5.10 Å². The lowest BCUT2D eigenvalue weighted by Crippen LogP contribution is -2.09. The van der Waals surface area contributed by atoms with Crippen molar-refractivity contribution in [3.63, 3.8) is 0 Å². The van der Waals surface area contributed by atoms with Gasteiger partial charge in [-0.25, -0.2) is 9.07 Å². The first-order valence-electron chi connectivity index (χ1n) is 5.03. The molecule has 2 heterocycles. The molecule has 2 aromatic rings. The molecule has 1 atom stereocenters. The first-order valence-corrected chi connectivity index (χ1v) is 6.56. The Morgan fingerprint density at radius 3 is 3.12 bits per heavy atom. The summed E-state index contributed by atoms with van der Waals surface area (Å²) in [4.78, 5) is 0. The Bertz CT molecular complexity index is 536. The molecule has 1 aromatic carbocycles. The lowest BCUT2D eigenvalue weighted by atomic mass is 10.2. The molecule has 0 amide bonds. The van der Waals surface area contributed by atoms with E-state index < -0.39 is 5.82 Å². The van der Waals surface area contributed by atoms with Gasteiger partial charge in [0.1, 0.15) is 11.3 Å². The van der Waals surface area contributed by atoms with Crippen molar-refractivity contribution in [2.45, 2.75) is 12.5 Å². The molecular weight excluding hydrogens is 249 g/mol. The summed E-state index contributed by atoms with van der Waals surface area (Å²) >= 11 is 7.59. The maximum Gasteiger partial charge on any atom is 0.144 e. The molecule has 1 aliphatic rings. The maximum atomic E-state index is 13.4. The molecule has 3 nitrogen and oxygen atoms in total. The summed E-state index contributed by atoms with van der Waals surface area (Å²) < 4.78 is 15.2. The summed E-state index contributed by atoms with van der Waals surface area (Å²) in [6.45, 7) is 0. The highest BCUT2D eigenvalue weighted by molar-refractivity contribution is 7.99. The number of thioether (sulfide) groups is 1. The third-order valence-electron chi connectivity index (χ3n) is 2.76. The Morgan fingerprint density at radius 1 is 1.50 bits per heavy atom. The molecule has 1 fully saturated rings. The van der Waals surface area contributed by atoms with E-state index in [0.717, 1.165) is 23.4 Å². The third kappa shape index (κ3) is 1.58. The molecule has 1 saturated heterocycles. The maximum absolute atomic E-state index is 13.4. The largest absolute Gasteiger partial charge is 0.241 e. The summed E-state index contributed by atoms with van der Waals surface area (Å²) in [5.74, 6) is 1.73. The van der Waals surface area contributed by atoms with Crippen molar-refractivity contribution in [1.82, 2.24) is 15.0 Å². The fourth-order valence-electron chi connectivity index (χ4n) is 1.92. The zero-order chi connectivity index (χ0) is 11.1. The molecule has 0 spiro atoms. The average Bonchev–Trinajstić information content (AvgIpc) is 2.87. The van der Waals surface area contributed by atoms with Gasteiger partial charge in [0.2, 0.25) is 0 Å². The Hall–Kier alpha value is -0.810. The first kappa shape index (κ1) is 10.4. The van der Waals surface area contributed by atoms with E-state index in [9.17, 15) is 4.39 Å². The molecule has 84 valence electrons. The lowest BCUT2D eigenvalue weighted by Gasteiger charge is -2.08. The number of nitrogens with zero attached hydrogens (tertiary/aromatic N) is 3. The summed E-state index contributed by atoms with van der Waals surface area (Å²) in [6, 6.07) is 3.27. The van der Waals surface area contributed by atoms with Gasteiger partial charge < -0.3 is 0 Å². The van der Waals surface area contributed by atoms with E-state index in [0.29, 0.717) is 11.6 Å². The average molecular weight is 258 g/mol. The minimum atomic E-state index is -0.414. The summed E-state index contributed by atoms with van der Waals surface area (Å²) in [6.07, 6.45) is 1.06. The predicted molar refractivity (Wildman–Crippen MR) is 63.5 cm³/mol. The fourth-order valence-corrected chi connectivity index (χ4v) is 3.26. The van der Waals surface area contributed by atoms with Gasteiger partial charge in [0, 0.05) is 11.8 Å². The minimum absolute atomic E-state index is 0.0975. The highest BCUT2D eigenvalue weighted by Crippen LogP contribution is 2.30. The van der Waals surface area contributed by atoms with Crippen LogP contribution in [-0.2, 0) is 0 Å². The van der Waals surface area contributed by atoms with Crippen LogP contribution in [0.2, 0.25) is 5.02 Å². The van der Waals surface area contributed by atoms with Crippen molar-refractivity contribution in [3.05, 3.63) is 23.0 Å². The second kappa shape index (κ2) is 3.89. The van der Waals surface area contributed by atoms with Gasteiger partial charge in [0.15, 0.2) is 0 Å². The van der Waals surface area contributed by atoms with Gasteiger partial charge in [-0.05, 0) is 18.2 Å². The number of hydrogen-bond donors (Lipinski definition) is 0. The second-order valence-electron chi connectivity index (χ2n) is 3.81. The Morgan fingerprint density at radius 2 is 2.38 bits per heavy atom. The van der Waals surface area contributed by atoms with E-state index in [1.54, 1.807) is 0 Å². The van der Waals surface area contributed by atoms with E-state index in [1.165, 1.54) is 12.1 Å². The van der Waals surface area contributed by atoms with Crippen LogP contribution >= 0.6 is 23.4 Å². The van der Waals surface area contributed by atoms with Crippen molar-refractivity contribution in [1.29, 1.82) is 0 Å². The molecular formula is C10H9ClFN3S. The summed E-state index contributed by atoms with van der Waals surface area (Å²) in [5, 5.41) is 8.20. The Labute approximate surface area is 101 Å². The minimum Gasteiger partial charge on any atom is -0.241 e. The van der Waals surface area contributed by atoms with Gasteiger partial charge in [-0.3, -0.25) is 0 Å². The number of benzene rings is 1. The van der Waals surface area contributed by atoms with E-state index in [1.807, 2.05) is 16.4 Å². The molecule has 1 aliphatic heterocycles. The van der Waals surface area contributed by atoms with Crippen LogP contribution in [0.5, 0.6) is 0 Å². The molecule has 3 rings (SSSR count). The predicted octanol–water partition coefficient (Wildman–Crippen LogP) is 2.90. The van der Waals surface area contributed by atoms with Crippen LogP contribution < -0.4 is 0 Å². The van der Waals surface area contributed by atoms with Crippen molar-refractivity contribution >= 4 is 34.4 Å². The zero-order valence-electron chi connectivity index (χ0n) is 8.36. The molecule has 6 heteroatoms. The molecule has 0 saturated carbocycles. The monoisotopic (exact) mass is 257 g/mol. The van der Waals surface area contributed by atoms with Crippen LogP contribution in [0, 0.1) is 5.82 Å². The number of fused-ring (bicyclic) bond motifs is 1. The Kier molecular flexibility index (Phi) is 2.52. The van der Waals surface area contributed by atoms with Crippen molar-refractivity contribution in [2.75, 3.05) is 11.5 Å². The number of rotatable bonds is 1. The van der Waals surface area contributed by atoms with Gasteiger partial charge in [0.25, 0.3) is 0 Å². The van der Waals surface area contributed by atoms with Crippen molar-refractivity contribution in [3.8, 4) is 0 Å². The summed E-state index contributed by atoms with van der Waals surface area (Å²) in [5.41, 5.74) is 1.39. The van der Waals surface area contributed by atoms with Crippen LogP contribution in [0.1, 0.15) is 12.5 Å². The fraction of sp³-hybridized carbons (Fsp3) is 0.400. The van der Waals surface area contributed by atoms with Crippen LogP contribution in [-0.4, -0.2) is 26.5 Å². The van der Waals surface area contributed by atoms with E-state index in [2.05, 4.69) is 10.3 Å². The van der Waals surface area contributed by atoms with Gasteiger partial charge in [0.05, 0.1) is 16.6 Å². The Balaban J connectivity index is 2.15. The molecule has 0 N–H and O–H groups in total. The zero-order valence-corrected chi connectivity index (χ0v) is 9.93. The second-order valence-corrected chi connectivity index (χ2v) is 5.36. The van der Waals surface area contributed by atoms with Gasteiger partial charge in [-0.1, -0.05) is 16.8 Å². The molecule has 16 heavy (non-hydrogen) atoms. The number of hydrogen-bond acceptors (Lipinski definition) is 3. The van der Waals surface area contributed by atoms with Crippen molar-refractivity contribution in [2.24, 2.45) is 0 Å². The topological polar surface area (TPSA) is 30.7 Å². The number of aromatic nitrogens is 3. The lowest BCUT2D eigenvalue weighted by molar-refractivity contribution is 0.500. The molecule has 0 radical (unpaired) electrons. The SMILES string of the molecule is Fc1cc2c(cc1Cl)nnn2C1CCSC1. The number of halogens is 2. The summed E-state index contributed by atoms with van der Waals surface area (Å²) in [7, 11) is 0. The van der Waals surface area contributed by atoms with Crippen LogP contribution in [0.25, 0.3) is 11.0 Å².